The molecule has 0 aliphatic rings. The lowest BCUT2D eigenvalue weighted by atomic mass is 10.0. The zero-order valence-electron chi connectivity index (χ0n) is 10.2. The Morgan fingerprint density at radius 1 is 1.15 bits per heavy atom. The Morgan fingerprint density at radius 3 is 2.75 bits per heavy atom. The number of nitrogens with two attached hydrogens (primary N) is 1. The molecule has 0 saturated heterocycles. The average molecular weight is 290 g/mol. The van der Waals surface area contributed by atoms with Crippen LogP contribution in [0.3, 0.4) is 0 Å². The first kappa shape index (κ1) is 12.6. The molecule has 0 spiro atoms. The number of rotatable bonds is 2. The van der Waals surface area contributed by atoms with Gasteiger partial charge in [-0.25, -0.2) is 4.39 Å². The van der Waals surface area contributed by atoms with E-state index in [9.17, 15) is 4.39 Å². The van der Waals surface area contributed by atoms with Gasteiger partial charge in [0.15, 0.2) is 0 Å². The van der Waals surface area contributed by atoms with Gasteiger partial charge < -0.3 is 10.3 Å². The third kappa shape index (κ3) is 2.23. The van der Waals surface area contributed by atoms with Crippen LogP contribution in [0.5, 0.6) is 0 Å². The summed E-state index contributed by atoms with van der Waals surface area (Å²) in [5, 5.41) is 4.44. The largest absolute Gasteiger partial charge is 0.367 e. The second-order valence-corrected chi connectivity index (χ2v) is 4.61. The molecule has 2 N–H and O–H groups in total. The van der Waals surface area contributed by atoms with E-state index >= 15 is 0 Å². The quantitative estimate of drug-likeness (QED) is 0.780. The minimum atomic E-state index is -0.457. The van der Waals surface area contributed by atoms with Crippen LogP contribution in [0.1, 0.15) is 0 Å². The maximum Gasteiger partial charge on any atom is 0.230 e. The maximum absolute atomic E-state index is 13.3. The molecule has 2 heterocycles. The molecule has 20 heavy (non-hydrogen) atoms. The van der Waals surface area contributed by atoms with Crippen LogP contribution in [-0.4, -0.2) is 10.1 Å². The van der Waals surface area contributed by atoms with Crippen molar-refractivity contribution in [2.45, 2.75) is 0 Å². The summed E-state index contributed by atoms with van der Waals surface area (Å²) in [5.41, 5.74) is 8.04. The van der Waals surface area contributed by atoms with Crippen LogP contribution in [0.4, 0.5) is 10.3 Å². The number of hydrogen-bond acceptors (Lipinski definition) is 4. The summed E-state index contributed by atoms with van der Waals surface area (Å²) in [6.45, 7) is 0. The first-order chi connectivity index (χ1) is 9.65. The van der Waals surface area contributed by atoms with Gasteiger partial charge in [0.1, 0.15) is 11.5 Å². The van der Waals surface area contributed by atoms with Crippen LogP contribution in [0.2, 0.25) is 5.02 Å². The summed E-state index contributed by atoms with van der Waals surface area (Å²) in [4.78, 5) is 3.80. The predicted molar refractivity (Wildman–Crippen MR) is 74.6 cm³/mol. The number of anilines is 1. The predicted octanol–water partition coefficient (Wildman–Crippen LogP) is 3.78. The summed E-state index contributed by atoms with van der Waals surface area (Å²) >= 11 is 5.97. The maximum atomic E-state index is 13.3. The van der Waals surface area contributed by atoms with Crippen molar-refractivity contribution in [3.05, 3.63) is 53.6 Å². The fourth-order valence-electron chi connectivity index (χ4n) is 1.96. The molecule has 0 amide bonds. The Kier molecular flexibility index (Phi) is 3.12. The number of nitrogen functional groups attached to an aromatic ring is 1. The van der Waals surface area contributed by atoms with Crippen LogP contribution >= 0.6 is 11.6 Å². The Morgan fingerprint density at radius 2 is 2.00 bits per heavy atom. The molecule has 0 saturated carbocycles. The van der Waals surface area contributed by atoms with Crippen molar-refractivity contribution >= 4 is 17.5 Å². The van der Waals surface area contributed by atoms with E-state index in [2.05, 4.69) is 10.1 Å². The summed E-state index contributed by atoms with van der Waals surface area (Å²) in [6, 6.07) is 8.42. The summed E-state index contributed by atoms with van der Waals surface area (Å²) in [6.07, 6.45) is 2.61. The molecule has 0 aliphatic carbocycles. The topological polar surface area (TPSA) is 64.9 Å². The molecular formula is C14H9ClFN3O. The number of benzene rings is 1. The number of hydrogen-bond donors (Lipinski definition) is 1. The van der Waals surface area contributed by atoms with Gasteiger partial charge in [-0.2, -0.15) is 0 Å². The molecule has 0 unspecified atom stereocenters. The Hall–Kier alpha value is -2.40. The third-order valence-electron chi connectivity index (χ3n) is 2.81. The first-order valence-electron chi connectivity index (χ1n) is 5.77. The fraction of sp³-hybridized carbons (Fsp3) is 0. The second-order valence-electron chi connectivity index (χ2n) is 4.17. The van der Waals surface area contributed by atoms with Gasteiger partial charge in [0.25, 0.3) is 0 Å². The van der Waals surface area contributed by atoms with Gasteiger partial charge in [0.2, 0.25) is 5.88 Å². The van der Waals surface area contributed by atoms with E-state index < -0.39 is 5.82 Å². The lowest BCUT2D eigenvalue weighted by Crippen LogP contribution is -1.89. The fourth-order valence-corrected chi connectivity index (χ4v) is 2.15. The van der Waals surface area contributed by atoms with Crippen molar-refractivity contribution in [1.29, 1.82) is 0 Å². The molecule has 4 nitrogen and oxygen atoms in total. The van der Waals surface area contributed by atoms with Gasteiger partial charge >= 0.3 is 0 Å². The first-order valence-corrected chi connectivity index (χ1v) is 6.15. The summed E-state index contributed by atoms with van der Waals surface area (Å²) in [7, 11) is 0. The molecule has 0 atom stereocenters. The van der Waals surface area contributed by atoms with Crippen LogP contribution in [0.25, 0.3) is 22.4 Å². The van der Waals surface area contributed by atoms with Gasteiger partial charge in [0, 0.05) is 16.8 Å². The second kappa shape index (κ2) is 4.94. The molecule has 1 aromatic carbocycles. The van der Waals surface area contributed by atoms with Crippen LogP contribution < -0.4 is 5.73 Å². The van der Waals surface area contributed by atoms with Crippen molar-refractivity contribution in [2.24, 2.45) is 0 Å². The minimum absolute atomic E-state index is 0.145. The Labute approximate surface area is 119 Å². The van der Waals surface area contributed by atoms with E-state index in [-0.39, 0.29) is 5.88 Å². The van der Waals surface area contributed by atoms with Crippen molar-refractivity contribution in [3.8, 4) is 22.4 Å². The van der Waals surface area contributed by atoms with Gasteiger partial charge in [-0.05, 0) is 23.8 Å². The number of nitrogens with zero attached hydrogens (tertiary/aromatic N) is 2. The molecule has 6 heteroatoms. The van der Waals surface area contributed by atoms with E-state index in [1.165, 1.54) is 12.3 Å². The molecule has 100 valence electrons. The average Bonchev–Trinajstić information content (AvgIpc) is 2.80. The highest BCUT2D eigenvalue weighted by molar-refractivity contribution is 6.30. The highest BCUT2D eigenvalue weighted by Gasteiger charge is 2.18. The smallest absolute Gasteiger partial charge is 0.230 e. The zero-order valence-corrected chi connectivity index (χ0v) is 10.9. The molecular weight excluding hydrogens is 281 g/mol. The molecule has 3 aromatic rings. The van der Waals surface area contributed by atoms with E-state index in [0.29, 0.717) is 21.8 Å². The lowest BCUT2D eigenvalue weighted by molar-refractivity contribution is 0.439. The monoisotopic (exact) mass is 289 g/mol. The van der Waals surface area contributed by atoms with Gasteiger partial charge in [-0.1, -0.05) is 28.9 Å². The van der Waals surface area contributed by atoms with E-state index in [1.807, 2.05) is 6.07 Å². The Balaban J connectivity index is 2.20. The third-order valence-corrected chi connectivity index (χ3v) is 3.05. The lowest BCUT2D eigenvalue weighted by Gasteiger charge is -2.03. The van der Waals surface area contributed by atoms with Crippen LogP contribution in [0, 0.1) is 5.82 Å². The highest BCUT2D eigenvalue weighted by atomic mass is 35.5. The van der Waals surface area contributed by atoms with E-state index in [1.54, 1.807) is 18.2 Å². The van der Waals surface area contributed by atoms with Crippen LogP contribution in [0.15, 0.2) is 47.2 Å². The van der Waals surface area contributed by atoms with Crippen molar-refractivity contribution in [1.82, 2.24) is 10.1 Å². The van der Waals surface area contributed by atoms with Crippen molar-refractivity contribution in [3.63, 3.8) is 0 Å². The molecule has 2 aromatic heterocycles. The van der Waals surface area contributed by atoms with Gasteiger partial charge in [-0.3, -0.25) is 4.98 Å². The zero-order chi connectivity index (χ0) is 14.1. The standard InChI is InChI=1S/C14H9ClFN3O/c15-10-3-1-2-8(4-10)12-13(19-20-14(12)17)9-5-11(16)7-18-6-9/h1-7H,17H2. The molecule has 0 bridgehead atoms. The summed E-state index contributed by atoms with van der Waals surface area (Å²) in [5.74, 6) is -0.312. The van der Waals surface area contributed by atoms with E-state index in [4.69, 9.17) is 21.9 Å². The molecule has 3 rings (SSSR count). The molecule has 0 fully saturated rings. The minimum Gasteiger partial charge on any atom is -0.367 e. The van der Waals surface area contributed by atoms with Crippen LogP contribution in [-0.2, 0) is 0 Å². The number of pyridine rings is 1. The van der Waals surface area contributed by atoms with Crippen molar-refractivity contribution < 1.29 is 8.91 Å². The SMILES string of the molecule is Nc1onc(-c2cncc(F)c2)c1-c1cccc(Cl)c1. The van der Waals surface area contributed by atoms with Crippen molar-refractivity contribution in [2.75, 3.05) is 5.73 Å². The molecule has 0 aliphatic heterocycles. The number of halogens is 2. The molecule has 0 radical (unpaired) electrons. The normalized spacial score (nSPS) is 10.7. The summed E-state index contributed by atoms with van der Waals surface area (Å²) < 4.78 is 18.3. The van der Waals surface area contributed by atoms with E-state index in [0.717, 1.165) is 11.8 Å². The van der Waals surface area contributed by atoms with Gasteiger partial charge in [0.05, 0.1) is 11.8 Å². The highest BCUT2D eigenvalue weighted by Crippen LogP contribution is 2.36. The number of aromatic nitrogens is 2. The van der Waals surface area contributed by atoms with Gasteiger partial charge in [-0.15, -0.1) is 0 Å². The Bertz CT molecular complexity index is 773.